The number of benzene rings is 1. The summed E-state index contributed by atoms with van der Waals surface area (Å²) >= 11 is 1.59. The van der Waals surface area contributed by atoms with Gasteiger partial charge in [-0.05, 0) is 31.5 Å². The number of nitro benzene ring substituents is 1. The second-order valence-corrected chi connectivity index (χ2v) is 6.96. The molecule has 0 unspecified atom stereocenters. The average Bonchev–Trinajstić information content (AvgIpc) is 3.28. The van der Waals surface area contributed by atoms with Crippen LogP contribution in [0.15, 0.2) is 58.8 Å². The van der Waals surface area contributed by atoms with E-state index in [1.807, 2.05) is 23.6 Å². The Morgan fingerprint density at radius 3 is 2.75 bits per heavy atom. The minimum Gasteiger partial charge on any atom is -0.494 e. The monoisotopic (exact) mass is 400 g/mol. The molecule has 0 bridgehead atoms. The van der Waals surface area contributed by atoms with Crippen LogP contribution in [0, 0.1) is 17.0 Å². The summed E-state index contributed by atoms with van der Waals surface area (Å²) in [5.41, 5.74) is 0.968. The van der Waals surface area contributed by atoms with Crippen LogP contribution in [0.5, 0.6) is 5.75 Å². The van der Waals surface area contributed by atoms with Crippen molar-refractivity contribution in [2.75, 3.05) is 12.4 Å². The fourth-order valence-electron chi connectivity index (χ4n) is 2.58. The summed E-state index contributed by atoms with van der Waals surface area (Å²) in [6.45, 7) is 6.82. The molecule has 8 nitrogen and oxygen atoms in total. The van der Waals surface area contributed by atoms with E-state index in [1.165, 1.54) is 12.1 Å². The summed E-state index contributed by atoms with van der Waals surface area (Å²) in [7, 11) is 0. The Morgan fingerprint density at radius 2 is 2.11 bits per heavy atom. The van der Waals surface area contributed by atoms with Gasteiger partial charge in [-0.2, -0.15) is 0 Å². The molecule has 28 heavy (non-hydrogen) atoms. The molecule has 0 saturated heterocycles. The first-order chi connectivity index (χ1) is 13.6. The SMILES string of the molecule is C=CCn1c(SCCCOc2ccc([N+](=O)[O-])cc2)nnc1-c1ccoc1C. The predicted molar refractivity (Wildman–Crippen MR) is 107 cm³/mol. The van der Waals surface area contributed by atoms with Crippen LogP contribution in [0.4, 0.5) is 5.69 Å². The number of aryl methyl sites for hydroxylation is 1. The quantitative estimate of drug-likeness (QED) is 0.162. The van der Waals surface area contributed by atoms with Gasteiger partial charge < -0.3 is 9.15 Å². The van der Waals surface area contributed by atoms with Crippen molar-refractivity contribution in [1.29, 1.82) is 0 Å². The van der Waals surface area contributed by atoms with Crippen molar-refractivity contribution in [3.8, 4) is 17.1 Å². The molecule has 3 rings (SSSR count). The van der Waals surface area contributed by atoms with Crippen molar-refractivity contribution < 1.29 is 14.1 Å². The van der Waals surface area contributed by atoms with Gasteiger partial charge in [-0.1, -0.05) is 17.8 Å². The number of hydrogen-bond donors (Lipinski definition) is 0. The lowest BCUT2D eigenvalue weighted by atomic mass is 10.2. The molecule has 0 saturated carbocycles. The number of non-ortho nitro benzene ring substituents is 1. The zero-order valence-electron chi connectivity index (χ0n) is 15.4. The van der Waals surface area contributed by atoms with E-state index >= 15 is 0 Å². The molecule has 0 aliphatic rings. The number of thioether (sulfide) groups is 1. The van der Waals surface area contributed by atoms with Crippen LogP contribution in [-0.2, 0) is 6.54 Å². The lowest BCUT2D eigenvalue weighted by Crippen LogP contribution is -2.02. The summed E-state index contributed by atoms with van der Waals surface area (Å²) in [6, 6.07) is 7.95. The van der Waals surface area contributed by atoms with E-state index < -0.39 is 4.92 Å². The van der Waals surface area contributed by atoms with Crippen LogP contribution >= 0.6 is 11.8 Å². The van der Waals surface area contributed by atoms with E-state index in [2.05, 4.69) is 16.8 Å². The third kappa shape index (κ3) is 4.61. The highest BCUT2D eigenvalue weighted by molar-refractivity contribution is 7.99. The van der Waals surface area contributed by atoms with E-state index in [-0.39, 0.29) is 5.69 Å². The van der Waals surface area contributed by atoms with Crippen LogP contribution in [-0.4, -0.2) is 32.0 Å². The number of ether oxygens (including phenoxy) is 1. The minimum absolute atomic E-state index is 0.0492. The Kier molecular flexibility index (Phi) is 6.49. The van der Waals surface area contributed by atoms with Gasteiger partial charge >= 0.3 is 0 Å². The molecule has 0 aliphatic carbocycles. The van der Waals surface area contributed by atoms with Crippen molar-refractivity contribution in [2.45, 2.75) is 25.0 Å². The van der Waals surface area contributed by atoms with E-state index in [9.17, 15) is 10.1 Å². The maximum absolute atomic E-state index is 10.7. The van der Waals surface area contributed by atoms with Gasteiger partial charge in [0.2, 0.25) is 0 Å². The number of hydrogen-bond acceptors (Lipinski definition) is 7. The van der Waals surface area contributed by atoms with Crippen LogP contribution in [0.3, 0.4) is 0 Å². The first-order valence-electron chi connectivity index (χ1n) is 8.68. The van der Waals surface area contributed by atoms with E-state index in [0.717, 1.165) is 34.5 Å². The Bertz CT molecular complexity index is 949. The van der Waals surface area contributed by atoms with Crippen molar-refractivity contribution >= 4 is 17.4 Å². The second-order valence-electron chi connectivity index (χ2n) is 5.90. The molecule has 0 N–H and O–H groups in total. The summed E-state index contributed by atoms with van der Waals surface area (Å²) < 4.78 is 13.0. The summed E-state index contributed by atoms with van der Waals surface area (Å²) in [4.78, 5) is 10.2. The van der Waals surface area contributed by atoms with Gasteiger partial charge in [-0.3, -0.25) is 14.7 Å². The Labute approximate surface area is 166 Å². The number of nitro groups is 1. The number of allylic oxidation sites excluding steroid dienone is 1. The number of rotatable bonds is 10. The van der Waals surface area contributed by atoms with Crippen molar-refractivity contribution in [1.82, 2.24) is 14.8 Å². The Morgan fingerprint density at radius 1 is 1.32 bits per heavy atom. The van der Waals surface area contributed by atoms with E-state index in [1.54, 1.807) is 30.2 Å². The predicted octanol–water partition coefficient (Wildman–Crippen LogP) is 4.50. The molecule has 146 valence electrons. The largest absolute Gasteiger partial charge is 0.494 e. The number of nitrogens with zero attached hydrogens (tertiary/aromatic N) is 4. The zero-order chi connectivity index (χ0) is 19.9. The molecule has 0 atom stereocenters. The molecule has 2 heterocycles. The smallest absolute Gasteiger partial charge is 0.269 e. The summed E-state index contributed by atoms with van der Waals surface area (Å²) in [5, 5.41) is 20.1. The zero-order valence-corrected chi connectivity index (χ0v) is 16.2. The lowest BCUT2D eigenvalue weighted by molar-refractivity contribution is -0.384. The lowest BCUT2D eigenvalue weighted by Gasteiger charge is -2.08. The Hall–Kier alpha value is -3.07. The molecule has 2 aromatic heterocycles. The molecule has 0 radical (unpaired) electrons. The summed E-state index contributed by atoms with van der Waals surface area (Å²) in [5.74, 6) is 2.97. The minimum atomic E-state index is -0.431. The van der Waals surface area contributed by atoms with Gasteiger partial charge in [-0.15, -0.1) is 16.8 Å². The first-order valence-corrected chi connectivity index (χ1v) is 9.67. The number of furan rings is 1. The van der Waals surface area contributed by atoms with Crippen LogP contribution < -0.4 is 4.74 Å². The van der Waals surface area contributed by atoms with Gasteiger partial charge in [0.15, 0.2) is 11.0 Å². The van der Waals surface area contributed by atoms with Gasteiger partial charge in [-0.25, -0.2) is 0 Å². The van der Waals surface area contributed by atoms with Crippen LogP contribution in [0.2, 0.25) is 0 Å². The maximum atomic E-state index is 10.7. The second kappa shape index (κ2) is 9.23. The highest BCUT2D eigenvalue weighted by Gasteiger charge is 2.16. The average molecular weight is 400 g/mol. The van der Waals surface area contributed by atoms with Gasteiger partial charge in [0.1, 0.15) is 11.5 Å². The fourth-order valence-corrected chi connectivity index (χ4v) is 3.44. The topological polar surface area (TPSA) is 96.2 Å². The third-order valence-electron chi connectivity index (χ3n) is 3.96. The molecule has 0 amide bonds. The van der Waals surface area contributed by atoms with Crippen molar-refractivity contribution in [2.24, 2.45) is 0 Å². The molecular weight excluding hydrogens is 380 g/mol. The Balaban J connectivity index is 1.53. The highest BCUT2D eigenvalue weighted by Crippen LogP contribution is 2.27. The maximum Gasteiger partial charge on any atom is 0.269 e. The first kappa shape index (κ1) is 19.7. The van der Waals surface area contributed by atoms with Crippen LogP contribution in [0.1, 0.15) is 12.2 Å². The summed E-state index contributed by atoms with van der Waals surface area (Å²) in [6.07, 6.45) is 4.24. The molecule has 3 aromatic rings. The third-order valence-corrected chi connectivity index (χ3v) is 5.02. The van der Waals surface area contributed by atoms with Gasteiger partial charge in [0.05, 0.1) is 23.4 Å². The molecule has 0 spiro atoms. The fraction of sp³-hybridized carbons (Fsp3) is 0.263. The van der Waals surface area contributed by atoms with E-state index in [4.69, 9.17) is 9.15 Å². The standard InChI is InChI=1S/C19H20N4O4S/c1-3-10-22-18(17-9-12-26-14(17)2)20-21-19(22)28-13-4-11-27-16-7-5-15(6-8-16)23(24)25/h3,5-9,12H,1,4,10-11,13H2,2H3. The van der Waals surface area contributed by atoms with Gasteiger partial charge in [0, 0.05) is 24.4 Å². The molecule has 0 fully saturated rings. The van der Waals surface area contributed by atoms with Crippen molar-refractivity contribution in [3.63, 3.8) is 0 Å². The van der Waals surface area contributed by atoms with Crippen LogP contribution in [0.25, 0.3) is 11.4 Å². The molecule has 9 heteroatoms. The normalized spacial score (nSPS) is 10.8. The highest BCUT2D eigenvalue weighted by atomic mass is 32.2. The number of aromatic nitrogens is 3. The van der Waals surface area contributed by atoms with E-state index in [0.29, 0.717) is 18.9 Å². The molecular formula is C19H20N4O4S. The van der Waals surface area contributed by atoms with Gasteiger partial charge in [0.25, 0.3) is 5.69 Å². The molecule has 1 aromatic carbocycles. The molecule has 0 aliphatic heterocycles. The van der Waals surface area contributed by atoms with Crippen molar-refractivity contribution in [3.05, 3.63) is 65.1 Å².